The Labute approximate surface area is 297 Å². The zero-order chi connectivity index (χ0) is 33.4. The Morgan fingerprint density at radius 3 is 2.65 bits per heavy atom. The number of amides is 2. The average Bonchev–Trinajstić information content (AvgIpc) is 3.00. The van der Waals surface area contributed by atoms with Crippen LogP contribution in [-0.4, -0.2) is 49.9 Å². The molecule has 0 saturated heterocycles. The SMILES string of the molecule is CCOc1cc([C@H]2NC(=O)NC(C)=C2C(=O)OC)ccc1OC[C@H](O)N/N=C/c1cc(Br)cc(I)c1OCc1ccc(Cl)cc1Cl. The van der Waals surface area contributed by atoms with E-state index in [1.807, 2.05) is 19.1 Å². The van der Waals surface area contributed by atoms with Crippen LogP contribution in [0, 0.1) is 3.57 Å². The van der Waals surface area contributed by atoms with Gasteiger partial charge in [-0.3, -0.25) is 5.43 Å². The molecular formula is C31H30BrCl2IN4O7. The molecule has 0 radical (unpaired) electrons. The van der Waals surface area contributed by atoms with Crippen LogP contribution in [0.3, 0.4) is 0 Å². The van der Waals surface area contributed by atoms with Crippen LogP contribution < -0.4 is 30.3 Å². The highest BCUT2D eigenvalue weighted by Crippen LogP contribution is 2.35. The third-order valence-electron chi connectivity index (χ3n) is 6.52. The van der Waals surface area contributed by atoms with Crippen LogP contribution in [0.1, 0.15) is 36.6 Å². The van der Waals surface area contributed by atoms with Gasteiger partial charge in [0.05, 0.1) is 35.1 Å². The minimum Gasteiger partial charge on any atom is -0.490 e. The van der Waals surface area contributed by atoms with Gasteiger partial charge in [-0.15, -0.1) is 0 Å². The van der Waals surface area contributed by atoms with Crippen molar-refractivity contribution in [2.24, 2.45) is 5.10 Å². The van der Waals surface area contributed by atoms with Crippen molar-refractivity contribution in [2.45, 2.75) is 32.7 Å². The zero-order valence-electron chi connectivity index (χ0n) is 24.8. The van der Waals surface area contributed by atoms with Crippen molar-refractivity contribution in [3.05, 3.63) is 94.6 Å². The number of carbonyl (C=O) groups is 2. The number of benzene rings is 3. The van der Waals surface area contributed by atoms with Crippen LogP contribution >= 0.6 is 61.7 Å². The summed E-state index contributed by atoms with van der Waals surface area (Å²) < 4.78 is 24.3. The van der Waals surface area contributed by atoms with Gasteiger partial charge in [0.15, 0.2) is 17.7 Å². The molecule has 3 aromatic rings. The molecule has 46 heavy (non-hydrogen) atoms. The standard InChI is InChI=1S/C31H30BrCl2IN4O7/c1-4-44-25-10-17(28-27(30(41)43-3)16(2)37-31(42)38-28)6-8-24(25)45-15-26(40)39-36-13-19-9-20(32)11-23(35)29(19)46-14-18-5-7-21(33)12-22(18)34/h5-13,26,28,39-40H,4,14-15H2,1-3H3,(H2,37,38,42)/b36-13+/t26-,28+/m0/s1. The molecule has 1 aliphatic rings. The Morgan fingerprint density at radius 1 is 1.15 bits per heavy atom. The summed E-state index contributed by atoms with van der Waals surface area (Å²) in [6.07, 6.45) is 0.339. The lowest BCUT2D eigenvalue weighted by Gasteiger charge is -2.28. The first-order valence-corrected chi connectivity index (χ1v) is 16.4. The fourth-order valence-corrected chi connectivity index (χ4v) is 6.60. The van der Waals surface area contributed by atoms with Crippen LogP contribution in [0.4, 0.5) is 4.79 Å². The van der Waals surface area contributed by atoms with Crippen molar-refractivity contribution in [2.75, 3.05) is 20.3 Å². The first kappa shape index (κ1) is 35.6. The smallest absolute Gasteiger partial charge is 0.337 e. The van der Waals surface area contributed by atoms with Gasteiger partial charge in [-0.05, 0) is 78.4 Å². The quantitative estimate of drug-likeness (QED) is 0.0506. The summed E-state index contributed by atoms with van der Waals surface area (Å²) >= 11 is 18.0. The van der Waals surface area contributed by atoms with Crippen LogP contribution in [0.5, 0.6) is 17.2 Å². The number of rotatable bonds is 13. The number of hydrogen-bond donors (Lipinski definition) is 4. The van der Waals surface area contributed by atoms with E-state index >= 15 is 0 Å². The van der Waals surface area contributed by atoms with E-state index in [-0.39, 0.29) is 18.8 Å². The molecule has 3 aromatic carbocycles. The molecule has 11 nitrogen and oxygen atoms in total. The first-order chi connectivity index (χ1) is 22.0. The van der Waals surface area contributed by atoms with Gasteiger partial charge in [-0.2, -0.15) is 5.10 Å². The van der Waals surface area contributed by atoms with Gasteiger partial charge in [0, 0.05) is 31.3 Å². The van der Waals surface area contributed by atoms with E-state index in [0.717, 1.165) is 13.6 Å². The molecular weight excluding hydrogens is 818 g/mol. The van der Waals surface area contributed by atoms with Gasteiger partial charge in [0.2, 0.25) is 0 Å². The number of urea groups is 1. The zero-order valence-corrected chi connectivity index (χ0v) is 30.1. The monoisotopic (exact) mass is 846 g/mol. The van der Waals surface area contributed by atoms with Gasteiger partial charge in [-0.1, -0.05) is 51.3 Å². The largest absolute Gasteiger partial charge is 0.490 e. The summed E-state index contributed by atoms with van der Waals surface area (Å²) in [4.78, 5) is 24.7. The second-order valence-corrected chi connectivity index (χ2v) is 12.7. The Kier molecular flexibility index (Phi) is 12.8. The Bertz CT molecular complexity index is 1670. The molecule has 0 bridgehead atoms. The van der Waals surface area contributed by atoms with E-state index in [2.05, 4.69) is 59.7 Å². The second kappa shape index (κ2) is 16.5. The summed E-state index contributed by atoms with van der Waals surface area (Å²) in [7, 11) is 1.27. The number of esters is 1. The van der Waals surface area contributed by atoms with Crippen LogP contribution in [-0.2, 0) is 16.1 Å². The van der Waals surface area contributed by atoms with Crippen LogP contribution in [0.15, 0.2) is 69.4 Å². The summed E-state index contributed by atoms with van der Waals surface area (Å²) in [5, 5.41) is 21.1. The number of hydrazone groups is 1. The van der Waals surface area contributed by atoms with Crippen LogP contribution in [0.25, 0.3) is 0 Å². The van der Waals surface area contributed by atoms with Crippen molar-refractivity contribution in [3.63, 3.8) is 0 Å². The number of nitrogens with zero attached hydrogens (tertiary/aromatic N) is 1. The van der Waals surface area contributed by atoms with Gasteiger partial charge in [0.1, 0.15) is 19.0 Å². The molecule has 0 fully saturated rings. The maximum absolute atomic E-state index is 12.5. The highest BCUT2D eigenvalue weighted by atomic mass is 127. The number of hydrogen-bond acceptors (Lipinski definition) is 9. The molecule has 0 spiro atoms. The number of aliphatic hydroxyl groups is 1. The summed E-state index contributed by atoms with van der Waals surface area (Å²) in [5.74, 6) is 0.703. The molecule has 2 amide bonds. The van der Waals surface area contributed by atoms with E-state index in [1.165, 1.54) is 13.3 Å². The van der Waals surface area contributed by atoms with Crippen molar-refractivity contribution < 1.29 is 33.6 Å². The van der Waals surface area contributed by atoms with E-state index < -0.39 is 24.3 Å². The molecule has 1 aliphatic heterocycles. The number of allylic oxidation sites excluding steroid dienone is 1. The number of methoxy groups -OCH3 is 1. The van der Waals surface area contributed by atoms with Crippen molar-refractivity contribution >= 4 is 79.9 Å². The summed E-state index contributed by atoms with van der Waals surface area (Å²) in [6, 6.07) is 12.7. The van der Waals surface area contributed by atoms with E-state index in [4.69, 9.17) is 42.1 Å². The highest BCUT2D eigenvalue weighted by molar-refractivity contribution is 14.1. The predicted octanol–water partition coefficient (Wildman–Crippen LogP) is 6.46. The predicted molar refractivity (Wildman–Crippen MR) is 187 cm³/mol. The fourth-order valence-electron chi connectivity index (χ4n) is 4.43. The van der Waals surface area contributed by atoms with Crippen molar-refractivity contribution in [1.82, 2.24) is 16.1 Å². The number of carbonyl (C=O) groups excluding carboxylic acids is 2. The molecule has 0 unspecified atom stereocenters. The molecule has 0 aliphatic carbocycles. The molecule has 1 heterocycles. The van der Waals surface area contributed by atoms with E-state index in [1.54, 1.807) is 43.3 Å². The number of ether oxygens (including phenoxy) is 4. The third kappa shape index (κ3) is 9.18. The highest BCUT2D eigenvalue weighted by Gasteiger charge is 2.32. The lowest BCUT2D eigenvalue weighted by molar-refractivity contribution is -0.136. The Balaban J connectivity index is 1.43. The number of nitrogens with one attached hydrogen (secondary N) is 3. The topological polar surface area (TPSA) is 140 Å². The van der Waals surface area contributed by atoms with Gasteiger partial charge >= 0.3 is 12.0 Å². The summed E-state index contributed by atoms with van der Waals surface area (Å²) in [5.41, 5.74) is 5.29. The average molecular weight is 848 g/mol. The molecule has 0 aromatic heterocycles. The van der Waals surface area contributed by atoms with Crippen LogP contribution in [0.2, 0.25) is 10.0 Å². The molecule has 15 heteroatoms. The molecule has 244 valence electrons. The first-order valence-electron chi connectivity index (χ1n) is 13.8. The Hall–Kier alpha value is -3.24. The summed E-state index contributed by atoms with van der Waals surface area (Å²) in [6.45, 7) is 3.79. The van der Waals surface area contributed by atoms with Crippen molar-refractivity contribution in [1.29, 1.82) is 0 Å². The normalized spacial score (nSPS) is 15.2. The lowest BCUT2D eigenvalue weighted by atomic mass is 9.95. The maximum atomic E-state index is 12.5. The molecule has 4 rings (SSSR count). The number of aliphatic hydroxyl groups excluding tert-OH is 1. The minimum atomic E-state index is -1.19. The third-order valence-corrected chi connectivity index (χ3v) is 8.37. The molecule has 2 atom stereocenters. The second-order valence-electron chi connectivity index (χ2n) is 9.75. The van der Waals surface area contributed by atoms with Gasteiger partial charge < -0.3 is 34.7 Å². The van der Waals surface area contributed by atoms with Crippen molar-refractivity contribution in [3.8, 4) is 17.2 Å². The van der Waals surface area contributed by atoms with Gasteiger partial charge in [0.25, 0.3) is 0 Å². The van der Waals surface area contributed by atoms with E-state index in [0.29, 0.717) is 50.7 Å². The maximum Gasteiger partial charge on any atom is 0.337 e. The minimum absolute atomic E-state index is 0.179. The fraction of sp³-hybridized carbons (Fsp3) is 0.258. The van der Waals surface area contributed by atoms with E-state index in [9.17, 15) is 14.7 Å². The number of halogens is 4. The lowest BCUT2D eigenvalue weighted by Crippen LogP contribution is -2.45. The van der Waals surface area contributed by atoms with Gasteiger partial charge in [-0.25, -0.2) is 9.59 Å². The Morgan fingerprint density at radius 2 is 1.93 bits per heavy atom. The molecule has 4 N–H and O–H groups in total. The molecule has 0 saturated carbocycles.